The van der Waals surface area contributed by atoms with Gasteiger partial charge in [-0.1, -0.05) is 12.1 Å². The van der Waals surface area contributed by atoms with E-state index in [1.165, 1.54) is 25.3 Å². The summed E-state index contributed by atoms with van der Waals surface area (Å²) < 4.78 is 50.1. The number of amides is 2. The highest BCUT2D eigenvalue weighted by Crippen LogP contribution is 2.34. The van der Waals surface area contributed by atoms with Gasteiger partial charge in [0, 0.05) is 31.7 Å². The minimum atomic E-state index is -4.56. The van der Waals surface area contributed by atoms with E-state index in [-0.39, 0.29) is 18.1 Å². The predicted molar refractivity (Wildman–Crippen MR) is 117 cm³/mol. The largest absolute Gasteiger partial charge is 0.493 e. The Kier molecular flexibility index (Phi) is 7.80. The molecular weight excluding hydrogens is 439 g/mol. The Labute approximate surface area is 190 Å². The molecule has 3 rings (SSSR count). The van der Waals surface area contributed by atoms with Crippen molar-refractivity contribution in [1.29, 1.82) is 0 Å². The molecule has 2 aromatic carbocycles. The van der Waals surface area contributed by atoms with E-state index in [1.807, 2.05) is 6.92 Å². The molecule has 0 bridgehead atoms. The highest BCUT2D eigenvalue weighted by atomic mass is 19.4. The second kappa shape index (κ2) is 10.6. The van der Waals surface area contributed by atoms with Gasteiger partial charge in [-0.2, -0.15) is 13.2 Å². The van der Waals surface area contributed by atoms with Crippen LogP contribution < -0.4 is 14.8 Å². The van der Waals surface area contributed by atoms with Gasteiger partial charge >= 0.3 is 6.18 Å². The zero-order valence-corrected chi connectivity index (χ0v) is 18.4. The van der Waals surface area contributed by atoms with Crippen LogP contribution in [0.15, 0.2) is 42.5 Å². The molecule has 1 aliphatic rings. The smallest absolute Gasteiger partial charge is 0.418 e. The molecule has 1 aliphatic heterocycles. The molecule has 1 saturated heterocycles. The molecule has 0 atom stereocenters. The zero-order chi connectivity index (χ0) is 24.0. The van der Waals surface area contributed by atoms with Crippen molar-refractivity contribution in [1.82, 2.24) is 9.80 Å². The molecule has 0 aliphatic carbocycles. The number of piperazine rings is 1. The van der Waals surface area contributed by atoms with Gasteiger partial charge in [0.25, 0.3) is 5.91 Å². The minimum absolute atomic E-state index is 0.0642. The Hall–Kier alpha value is -3.27. The number of methoxy groups -OCH3 is 1. The number of carbonyl (C=O) groups excluding carboxylic acids is 2. The number of anilines is 1. The molecule has 0 unspecified atom stereocenters. The molecule has 7 nitrogen and oxygen atoms in total. The standard InChI is InChI=1S/C23H26F3N3O4/c1-3-33-20-14-16(8-9-19(20)32-2)22(31)29-12-10-28(11-13-29)15-21(30)27-18-7-5-4-6-17(18)23(24,25)26/h4-9,14H,3,10-13,15H2,1-2H3,(H,27,30). The van der Waals surface area contributed by atoms with Crippen LogP contribution in [0.2, 0.25) is 0 Å². The lowest BCUT2D eigenvalue weighted by molar-refractivity contribution is -0.137. The zero-order valence-electron chi connectivity index (χ0n) is 18.4. The number of nitrogens with one attached hydrogen (secondary N) is 1. The predicted octanol–water partition coefficient (Wildman–Crippen LogP) is 3.51. The van der Waals surface area contributed by atoms with Crippen molar-refractivity contribution in [3.63, 3.8) is 0 Å². The summed E-state index contributed by atoms with van der Waals surface area (Å²) in [7, 11) is 1.52. The topological polar surface area (TPSA) is 71.1 Å². The minimum Gasteiger partial charge on any atom is -0.493 e. The van der Waals surface area contributed by atoms with Gasteiger partial charge in [0.2, 0.25) is 5.91 Å². The van der Waals surface area contributed by atoms with Crippen LogP contribution in [0.4, 0.5) is 18.9 Å². The van der Waals surface area contributed by atoms with Crippen molar-refractivity contribution >= 4 is 17.5 Å². The molecule has 10 heteroatoms. The van der Waals surface area contributed by atoms with E-state index in [9.17, 15) is 22.8 Å². The number of para-hydroxylation sites is 1. The molecule has 2 amide bonds. The van der Waals surface area contributed by atoms with Crippen molar-refractivity contribution < 1.29 is 32.2 Å². The van der Waals surface area contributed by atoms with Gasteiger partial charge in [0.05, 0.1) is 31.5 Å². The quantitative estimate of drug-likeness (QED) is 0.678. The fourth-order valence-corrected chi connectivity index (χ4v) is 3.60. The molecule has 1 fully saturated rings. The van der Waals surface area contributed by atoms with E-state index in [0.717, 1.165) is 6.07 Å². The van der Waals surface area contributed by atoms with Crippen LogP contribution >= 0.6 is 0 Å². The monoisotopic (exact) mass is 465 g/mol. The summed E-state index contributed by atoms with van der Waals surface area (Å²) in [6.07, 6.45) is -4.56. The van der Waals surface area contributed by atoms with Gasteiger partial charge < -0.3 is 19.7 Å². The van der Waals surface area contributed by atoms with Crippen LogP contribution in [0.25, 0.3) is 0 Å². The number of carbonyl (C=O) groups is 2. The van der Waals surface area contributed by atoms with E-state index in [2.05, 4.69) is 5.32 Å². The van der Waals surface area contributed by atoms with Gasteiger partial charge in [0.1, 0.15) is 0 Å². The molecule has 0 saturated carbocycles. The number of ether oxygens (including phenoxy) is 2. The molecule has 0 aromatic heterocycles. The molecular formula is C23H26F3N3O4. The van der Waals surface area contributed by atoms with E-state index in [1.54, 1.807) is 28.0 Å². The SMILES string of the molecule is CCOc1cc(C(=O)N2CCN(CC(=O)Nc3ccccc3C(F)(F)F)CC2)ccc1OC. The average Bonchev–Trinajstić information content (AvgIpc) is 2.79. The van der Waals surface area contributed by atoms with Crippen LogP contribution in [-0.2, 0) is 11.0 Å². The summed E-state index contributed by atoms with van der Waals surface area (Å²) in [5.74, 6) is 0.321. The van der Waals surface area contributed by atoms with Crippen molar-refractivity contribution in [2.24, 2.45) is 0 Å². The normalized spacial score (nSPS) is 14.6. The molecule has 0 radical (unpaired) electrons. The first-order valence-electron chi connectivity index (χ1n) is 10.5. The summed E-state index contributed by atoms with van der Waals surface area (Å²) in [5.41, 5.74) is -0.692. The molecule has 1 heterocycles. The van der Waals surface area contributed by atoms with Crippen LogP contribution in [0.5, 0.6) is 11.5 Å². The first-order valence-corrected chi connectivity index (χ1v) is 10.5. The third kappa shape index (κ3) is 6.16. The maximum absolute atomic E-state index is 13.1. The van der Waals surface area contributed by atoms with Gasteiger partial charge in [0.15, 0.2) is 11.5 Å². The maximum Gasteiger partial charge on any atom is 0.418 e. The Morgan fingerprint density at radius 3 is 2.36 bits per heavy atom. The lowest BCUT2D eigenvalue weighted by Gasteiger charge is -2.34. The van der Waals surface area contributed by atoms with E-state index in [0.29, 0.717) is 49.8 Å². The van der Waals surface area contributed by atoms with Crippen molar-refractivity contribution in [2.75, 3.05) is 51.8 Å². The fraction of sp³-hybridized carbons (Fsp3) is 0.391. The maximum atomic E-state index is 13.1. The number of hydrogen-bond donors (Lipinski definition) is 1. The number of nitrogens with zero attached hydrogens (tertiary/aromatic N) is 2. The number of rotatable bonds is 7. The van der Waals surface area contributed by atoms with E-state index in [4.69, 9.17) is 9.47 Å². The summed E-state index contributed by atoms with van der Waals surface area (Å²) in [6, 6.07) is 9.85. The fourth-order valence-electron chi connectivity index (χ4n) is 3.60. The van der Waals surface area contributed by atoms with Crippen molar-refractivity contribution in [2.45, 2.75) is 13.1 Å². The first-order chi connectivity index (χ1) is 15.7. The second-order valence-corrected chi connectivity index (χ2v) is 7.46. The highest BCUT2D eigenvalue weighted by molar-refractivity contribution is 5.95. The van der Waals surface area contributed by atoms with Gasteiger partial charge in [-0.3, -0.25) is 14.5 Å². The highest BCUT2D eigenvalue weighted by Gasteiger charge is 2.33. The Morgan fingerprint density at radius 2 is 1.73 bits per heavy atom. The molecule has 33 heavy (non-hydrogen) atoms. The van der Waals surface area contributed by atoms with Crippen LogP contribution in [0.3, 0.4) is 0 Å². The molecule has 2 aromatic rings. The third-order valence-corrected chi connectivity index (χ3v) is 5.24. The van der Waals surface area contributed by atoms with Crippen molar-refractivity contribution in [3.05, 3.63) is 53.6 Å². The van der Waals surface area contributed by atoms with E-state index < -0.39 is 17.6 Å². The van der Waals surface area contributed by atoms with E-state index >= 15 is 0 Å². The molecule has 0 spiro atoms. The van der Waals surface area contributed by atoms with Gasteiger partial charge in [-0.15, -0.1) is 0 Å². The summed E-state index contributed by atoms with van der Waals surface area (Å²) in [5, 5.41) is 2.35. The third-order valence-electron chi connectivity index (χ3n) is 5.24. The molecule has 1 N–H and O–H groups in total. The number of alkyl halides is 3. The number of hydrogen-bond acceptors (Lipinski definition) is 5. The Morgan fingerprint density at radius 1 is 1.03 bits per heavy atom. The summed E-state index contributed by atoms with van der Waals surface area (Å²) in [6.45, 7) is 3.84. The van der Waals surface area contributed by atoms with Crippen LogP contribution in [-0.4, -0.2) is 68.1 Å². The summed E-state index contributed by atoms with van der Waals surface area (Å²) >= 11 is 0. The average molecular weight is 465 g/mol. The molecule has 178 valence electrons. The first kappa shape index (κ1) is 24.4. The Bertz CT molecular complexity index is 989. The Balaban J connectivity index is 1.56. The van der Waals surface area contributed by atoms with Crippen molar-refractivity contribution in [3.8, 4) is 11.5 Å². The number of benzene rings is 2. The number of halogens is 3. The van der Waals surface area contributed by atoms with Crippen LogP contribution in [0, 0.1) is 0 Å². The van der Waals surface area contributed by atoms with Crippen LogP contribution in [0.1, 0.15) is 22.8 Å². The lowest BCUT2D eigenvalue weighted by Crippen LogP contribution is -2.50. The van der Waals surface area contributed by atoms with Gasteiger partial charge in [-0.25, -0.2) is 0 Å². The summed E-state index contributed by atoms with van der Waals surface area (Å²) in [4.78, 5) is 28.7. The van der Waals surface area contributed by atoms with Gasteiger partial charge in [-0.05, 0) is 37.3 Å². The second-order valence-electron chi connectivity index (χ2n) is 7.46. The lowest BCUT2D eigenvalue weighted by atomic mass is 10.1.